The van der Waals surface area contributed by atoms with Crippen LogP contribution in [0.1, 0.15) is 18.4 Å². The Balaban J connectivity index is 2.05. The van der Waals surface area contributed by atoms with Gasteiger partial charge in [-0.2, -0.15) is 0 Å². The van der Waals surface area contributed by atoms with E-state index in [9.17, 15) is 0 Å². The zero-order valence-corrected chi connectivity index (χ0v) is 9.54. The smallest absolute Gasteiger partial charge is 0.129 e. The largest absolute Gasteiger partial charge is 0.356 e. The second-order valence-electron chi connectivity index (χ2n) is 3.65. The van der Waals surface area contributed by atoms with E-state index < -0.39 is 0 Å². The minimum absolute atomic E-state index is 0.546. The minimum atomic E-state index is 0.546. The lowest BCUT2D eigenvalue weighted by Gasteiger charge is -2.18. The average Bonchev–Trinajstić information content (AvgIpc) is 2.69. The monoisotopic (exact) mass is 223 g/mol. The number of aromatic nitrogens is 1. The Labute approximate surface area is 94.8 Å². The van der Waals surface area contributed by atoms with E-state index >= 15 is 0 Å². The number of hydrogen-bond donors (Lipinski definition) is 0. The molecule has 1 aromatic heterocycles. The number of amidine groups is 1. The third kappa shape index (κ3) is 2.48. The van der Waals surface area contributed by atoms with Crippen molar-refractivity contribution in [2.24, 2.45) is 4.99 Å². The van der Waals surface area contributed by atoms with Gasteiger partial charge in [0.05, 0.1) is 5.84 Å². The van der Waals surface area contributed by atoms with Gasteiger partial charge in [-0.1, -0.05) is 17.7 Å². The van der Waals surface area contributed by atoms with E-state index in [0.29, 0.717) is 5.15 Å². The minimum Gasteiger partial charge on any atom is -0.356 e. The maximum Gasteiger partial charge on any atom is 0.129 e. The number of halogens is 1. The predicted octanol–water partition coefficient (Wildman–Crippen LogP) is 2.36. The molecule has 80 valence electrons. The van der Waals surface area contributed by atoms with Crippen LogP contribution in [0.4, 0.5) is 0 Å². The standard InChI is InChI=1S/C11H14ClN3/c1-13-11-3-2-6-15(11)8-9-4-5-10(12)14-7-9/h4-5,7H,2-3,6,8H2,1H3. The van der Waals surface area contributed by atoms with Gasteiger partial charge < -0.3 is 4.90 Å². The highest BCUT2D eigenvalue weighted by atomic mass is 35.5. The van der Waals surface area contributed by atoms with Crippen molar-refractivity contribution in [2.75, 3.05) is 13.6 Å². The molecule has 0 N–H and O–H groups in total. The molecule has 0 saturated carbocycles. The molecule has 1 aliphatic heterocycles. The fraction of sp³-hybridized carbons (Fsp3) is 0.455. The normalized spacial score (nSPS) is 18.8. The van der Waals surface area contributed by atoms with E-state index in [2.05, 4.69) is 14.9 Å². The van der Waals surface area contributed by atoms with E-state index in [-0.39, 0.29) is 0 Å². The molecule has 4 heteroatoms. The summed E-state index contributed by atoms with van der Waals surface area (Å²) in [5.74, 6) is 1.20. The van der Waals surface area contributed by atoms with Gasteiger partial charge in [-0.15, -0.1) is 0 Å². The summed E-state index contributed by atoms with van der Waals surface area (Å²) in [5.41, 5.74) is 1.18. The summed E-state index contributed by atoms with van der Waals surface area (Å²) < 4.78 is 0. The molecule has 2 heterocycles. The van der Waals surface area contributed by atoms with Gasteiger partial charge in [0.15, 0.2) is 0 Å². The first-order valence-corrected chi connectivity index (χ1v) is 5.48. The Kier molecular flexibility index (Phi) is 3.21. The Hall–Kier alpha value is -1.09. The Morgan fingerprint density at radius 1 is 1.53 bits per heavy atom. The van der Waals surface area contributed by atoms with Crippen molar-refractivity contribution in [1.82, 2.24) is 9.88 Å². The highest BCUT2D eigenvalue weighted by Crippen LogP contribution is 2.15. The quantitative estimate of drug-likeness (QED) is 0.721. The molecule has 0 aliphatic carbocycles. The van der Waals surface area contributed by atoms with E-state index in [1.807, 2.05) is 25.4 Å². The molecule has 0 atom stereocenters. The van der Waals surface area contributed by atoms with E-state index in [4.69, 9.17) is 11.6 Å². The molecule has 1 aliphatic rings. The zero-order chi connectivity index (χ0) is 10.7. The molecule has 1 aromatic rings. The first-order valence-electron chi connectivity index (χ1n) is 5.10. The molecule has 0 bridgehead atoms. The molecule has 0 aromatic carbocycles. The van der Waals surface area contributed by atoms with E-state index in [1.54, 1.807) is 0 Å². The Morgan fingerprint density at radius 3 is 3.07 bits per heavy atom. The molecule has 1 saturated heterocycles. The highest BCUT2D eigenvalue weighted by Gasteiger charge is 2.17. The Morgan fingerprint density at radius 2 is 2.40 bits per heavy atom. The zero-order valence-electron chi connectivity index (χ0n) is 8.78. The van der Waals surface area contributed by atoms with Gasteiger partial charge >= 0.3 is 0 Å². The summed E-state index contributed by atoms with van der Waals surface area (Å²) in [6.07, 6.45) is 4.12. The van der Waals surface area contributed by atoms with Gasteiger partial charge in [-0.3, -0.25) is 4.99 Å². The average molecular weight is 224 g/mol. The highest BCUT2D eigenvalue weighted by molar-refractivity contribution is 6.29. The van der Waals surface area contributed by atoms with E-state index in [0.717, 1.165) is 19.5 Å². The maximum atomic E-state index is 5.74. The van der Waals surface area contributed by atoms with Crippen molar-refractivity contribution in [2.45, 2.75) is 19.4 Å². The van der Waals surface area contributed by atoms with Crippen molar-refractivity contribution in [3.8, 4) is 0 Å². The number of aliphatic imine (C=N–C) groups is 1. The summed E-state index contributed by atoms with van der Waals surface area (Å²) >= 11 is 5.74. The SMILES string of the molecule is CN=C1CCCN1Cc1ccc(Cl)nc1. The van der Waals surface area contributed by atoms with Crippen LogP contribution in [0.3, 0.4) is 0 Å². The number of pyridine rings is 1. The van der Waals surface area contributed by atoms with Gasteiger partial charge in [0.25, 0.3) is 0 Å². The van der Waals surface area contributed by atoms with Crippen LogP contribution in [0.15, 0.2) is 23.3 Å². The fourth-order valence-corrected chi connectivity index (χ4v) is 1.97. The lowest BCUT2D eigenvalue weighted by Crippen LogP contribution is -2.24. The molecule has 2 rings (SSSR count). The van der Waals surface area contributed by atoms with Crippen LogP contribution < -0.4 is 0 Å². The van der Waals surface area contributed by atoms with Gasteiger partial charge in [-0.05, 0) is 18.1 Å². The molecule has 0 radical (unpaired) electrons. The lowest BCUT2D eigenvalue weighted by atomic mass is 10.3. The van der Waals surface area contributed by atoms with Gasteiger partial charge in [-0.25, -0.2) is 4.98 Å². The molecule has 15 heavy (non-hydrogen) atoms. The van der Waals surface area contributed by atoms with E-state index in [1.165, 1.54) is 17.8 Å². The third-order valence-electron chi connectivity index (χ3n) is 2.61. The van der Waals surface area contributed by atoms with Crippen LogP contribution >= 0.6 is 11.6 Å². The second-order valence-corrected chi connectivity index (χ2v) is 4.04. The molecule has 3 nitrogen and oxygen atoms in total. The number of hydrogen-bond acceptors (Lipinski definition) is 2. The van der Waals surface area contributed by atoms with Crippen LogP contribution in [0.2, 0.25) is 5.15 Å². The van der Waals surface area contributed by atoms with Crippen LogP contribution in [-0.4, -0.2) is 29.3 Å². The first-order chi connectivity index (χ1) is 7.29. The van der Waals surface area contributed by atoms with Crippen molar-refractivity contribution in [3.05, 3.63) is 29.0 Å². The summed E-state index contributed by atoms with van der Waals surface area (Å²) in [6, 6.07) is 3.84. The fourth-order valence-electron chi connectivity index (χ4n) is 1.86. The lowest BCUT2D eigenvalue weighted by molar-refractivity contribution is 0.447. The van der Waals surface area contributed by atoms with Gasteiger partial charge in [0.2, 0.25) is 0 Å². The van der Waals surface area contributed by atoms with Crippen LogP contribution in [0.5, 0.6) is 0 Å². The molecule has 0 amide bonds. The summed E-state index contributed by atoms with van der Waals surface area (Å²) in [6.45, 7) is 1.98. The third-order valence-corrected chi connectivity index (χ3v) is 2.84. The van der Waals surface area contributed by atoms with Crippen molar-refractivity contribution >= 4 is 17.4 Å². The van der Waals surface area contributed by atoms with Crippen LogP contribution in [-0.2, 0) is 6.54 Å². The first kappa shape index (κ1) is 10.4. The number of rotatable bonds is 2. The molecule has 0 spiro atoms. The second kappa shape index (κ2) is 4.62. The molecular formula is C11H14ClN3. The Bertz CT molecular complexity index is 359. The van der Waals surface area contributed by atoms with Gasteiger partial charge in [0, 0.05) is 32.8 Å². The van der Waals surface area contributed by atoms with Crippen LogP contribution in [0, 0.1) is 0 Å². The van der Waals surface area contributed by atoms with Crippen molar-refractivity contribution in [1.29, 1.82) is 0 Å². The summed E-state index contributed by atoms with van der Waals surface area (Å²) in [5, 5.41) is 0.546. The molecule has 0 unspecified atom stereocenters. The predicted molar refractivity (Wildman–Crippen MR) is 62.3 cm³/mol. The van der Waals surface area contributed by atoms with Crippen LogP contribution in [0.25, 0.3) is 0 Å². The maximum absolute atomic E-state index is 5.74. The molecule has 1 fully saturated rings. The summed E-state index contributed by atoms with van der Waals surface area (Å²) in [7, 11) is 1.85. The topological polar surface area (TPSA) is 28.5 Å². The number of likely N-dealkylation sites (tertiary alicyclic amines) is 1. The number of nitrogens with zero attached hydrogens (tertiary/aromatic N) is 3. The van der Waals surface area contributed by atoms with Gasteiger partial charge in [0.1, 0.15) is 5.15 Å². The summed E-state index contributed by atoms with van der Waals surface area (Å²) in [4.78, 5) is 10.6. The van der Waals surface area contributed by atoms with Crippen molar-refractivity contribution in [3.63, 3.8) is 0 Å². The van der Waals surface area contributed by atoms with Crippen molar-refractivity contribution < 1.29 is 0 Å². The molecular weight excluding hydrogens is 210 g/mol.